The Kier molecular flexibility index (Phi) is 3.33. The van der Waals surface area contributed by atoms with Crippen LogP contribution in [0.2, 0.25) is 0 Å². The molecule has 20 heavy (non-hydrogen) atoms. The van der Waals surface area contributed by atoms with Crippen molar-refractivity contribution in [3.63, 3.8) is 0 Å². The Morgan fingerprint density at radius 1 is 1.20 bits per heavy atom. The van der Waals surface area contributed by atoms with E-state index in [9.17, 15) is 0 Å². The van der Waals surface area contributed by atoms with E-state index >= 15 is 0 Å². The van der Waals surface area contributed by atoms with Gasteiger partial charge in [-0.25, -0.2) is 0 Å². The van der Waals surface area contributed by atoms with Gasteiger partial charge in [-0.05, 0) is 36.4 Å². The van der Waals surface area contributed by atoms with Gasteiger partial charge in [-0.15, -0.1) is 0 Å². The van der Waals surface area contributed by atoms with Crippen molar-refractivity contribution in [3.05, 3.63) is 55.3 Å². The highest BCUT2D eigenvalue weighted by atomic mass is 16.5. The molecular formula is C15H12N2O3. The normalized spacial score (nSPS) is 10.4. The summed E-state index contributed by atoms with van der Waals surface area (Å²) in [5.74, 6) is 2.18. The van der Waals surface area contributed by atoms with Crippen LogP contribution >= 0.6 is 0 Å². The lowest BCUT2D eigenvalue weighted by Gasteiger charge is -2.02. The number of furan rings is 1. The van der Waals surface area contributed by atoms with Gasteiger partial charge >= 0.3 is 0 Å². The third-order valence-electron chi connectivity index (χ3n) is 2.64. The van der Waals surface area contributed by atoms with E-state index in [4.69, 9.17) is 13.7 Å². The summed E-state index contributed by atoms with van der Waals surface area (Å²) in [7, 11) is 0. The first-order valence-electron chi connectivity index (χ1n) is 6.08. The number of nitrogens with zero attached hydrogens (tertiary/aromatic N) is 2. The molecule has 0 atom stereocenters. The summed E-state index contributed by atoms with van der Waals surface area (Å²) in [5.41, 5.74) is 0.845. The topological polar surface area (TPSA) is 61.3 Å². The summed E-state index contributed by atoms with van der Waals surface area (Å²) in [4.78, 5) is 4.29. The van der Waals surface area contributed by atoms with E-state index in [0.29, 0.717) is 24.1 Å². The van der Waals surface area contributed by atoms with E-state index in [-0.39, 0.29) is 0 Å². The molecule has 0 fully saturated rings. The summed E-state index contributed by atoms with van der Waals surface area (Å²) in [6, 6.07) is 11.0. The molecule has 0 aliphatic heterocycles. The molecule has 1 aromatic carbocycles. The fourth-order valence-electron chi connectivity index (χ4n) is 1.70. The van der Waals surface area contributed by atoms with Crippen molar-refractivity contribution < 1.29 is 13.7 Å². The lowest BCUT2D eigenvalue weighted by atomic mass is 10.2. The monoisotopic (exact) mass is 268 g/mol. The molecule has 2 heterocycles. The van der Waals surface area contributed by atoms with Gasteiger partial charge in [0.1, 0.15) is 12.4 Å². The summed E-state index contributed by atoms with van der Waals surface area (Å²) in [5, 5.41) is 3.93. The van der Waals surface area contributed by atoms with Gasteiger partial charge in [0.05, 0.1) is 6.26 Å². The zero-order chi connectivity index (χ0) is 13.8. The molecule has 0 N–H and O–H groups in total. The molecule has 0 radical (unpaired) electrons. The van der Waals surface area contributed by atoms with Crippen LogP contribution in [0, 0.1) is 0 Å². The minimum Gasteiger partial charge on any atom is -0.490 e. The summed E-state index contributed by atoms with van der Waals surface area (Å²) < 4.78 is 15.8. The Bertz CT molecular complexity index is 684. The first-order valence-corrected chi connectivity index (χ1v) is 6.08. The molecule has 100 valence electrons. The molecule has 0 bridgehead atoms. The van der Waals surface area contributed by atoms with Crippen LogP contribution in [-0.2, 0) is 0 Å². The highest BCUT2D eigenvalue weighted by molar-refractivity contribution is 5.58. The van der Waals surface area contributed by atoms with E-state index in [0.717, 1.165) is 11.3 Å². The van der Waals surface area contributed by atoms with Gasteiger partial charge in [-0.1, -0.05) is 17.8 Å². The summed E-state index contributed by atoms with van der Waals surface area (Å²) in [6.07, 6.45) is 3.26. The third kappa shape index (κ3) is 2.47. The molecule has 3 rings (SSSR count). The van der Waals surface area contributed by atoms with E-state index < -0.39 is 0 Å². The van der Waals surface area contributed by atoms with Crippen molar-refractivity contribution in [2.24, 2.45) is 0 Å². The standard InChI is InChI=1S/C15H12N2O3/c1-2-9-18-12-7-5-11(6-8-12)14-16-15(20-17-14)13-4-3-10-19-13/h2-8,10H,1,9H2. The SMILES string of the molecule is C=CCOc1ccc(-c2noc(-c3ccco3)n2)cc1. The number of hydrogen-bond acceptors (Lipinski definition) is 5. The zero-order valence-corrected chi connectivity index (χ0v) is 10.7. The predicted octanol–water partition coefficient (Wildman–Crippen LogP) is 3.56. The van der Waals surface area contributed by atoms with Crippen molar-refractivity contribution in [1.29, 1.82) is 0 Å². The average Bonchev–Trinajstić information content (AvgIpc) is 3.16. The smallest absolute Gasteiger partial charge is 0.293 e. The van der Waals surface area contributed by atoms with Crippen LogP contribution in [0.5, 0.6) is 5.75 Å². The van der Waals surface area contributed by atoms with Gasteiger partial charge in [0.15, 0.2) is 5.76 Å². The van der Waals surface area contributed by atoms with Crippen LogP contribution < -0.4 is 4.74 Å². The Balaban J connectivity index is 1.81. The quantitative estimate of drug-likeness (QED) is 0.662. The molecule has 0 amide bonds. The molecule has 3 aromatic rings. The number of ether oxygens (including phenoxy) is 1. The second kappa shape index (κ2) is 5.44. The van der Waals surface area contributed by atoms with Gasteiger partial charge in [-0.3, -0.25) is 0 Å². The van der Waals surface area contributed by atoms with Crippen molar-refractivity contribution >= 4 is 0 Å². The lowest BCUT2D eigenvalue weighted by Crippen LogP contribution is -1.92. The van der Waals surface area contributed by atoms with Crippen LogP contribution in [0.15, 0.2) is 64.3 Å². The fraction of sp³-hybridized carbons (Fsp3) is 0.0667. The highest BCUT2D eigenvalue weighted by Crippen LogP contribution is 2.24. The first-order chi connectivity index (χ1) is 9.86. The average molecular weight is 268 g/mol. The number of aromatic nitrogens is 2. The number of hydrogen-bond donors (Lipinski definition) is 0. The molecule has 0 aliphatic carbocycles. The zero-order valence-electron chi connectivity index (χ0n) is 10.7. The first kappa shape index (κ1) is 12.2. The lowest BCUT2D eigenvalue weighted by molar-refractivity contribution is 0.363. The third-order valence-corrected chi connectivity index (χ3v) is 2.64. The summed E-state index contributed by atoms with van der Waals surface area (Å²) >= 11 is 0. The molecule has 5 heteroatoms. The maximum Gasteiger partial charge on any atom is 0.293 e. The largest absolute Gasteiger partial charge is 0.490 e. The van der Waals surface area contributed by atoms with Crippen molar-refractivity contribution in [1.82, 2.24) is 10.1 Å². The van der Waals surface area contributed by atoms with Gasteiger partial charge in [-0.2, -0.15) is 4.98 Å². The Morgan fingerprint density at radius 3 is 2.75 bits per heavy atom. The van der Waals surface area contributed by atoms with Gasteiger partial charge in [0.25, 0.3) is 5.89 Å². The van der Waals surface area contributed by atoms with Gasteiger partial charge < -0.3 is 13.7 Å². The van der Waals surface area contributed by atoms with E-state index in [1.807, 2.05) is 24.3 Å². The molecule has 0 aliphatic rings. The second-order valence-electron chi connectivity index (χ2n) is 4.02. The van der Waals surface area contributed by atoms with E-state index in [1.165, 1.54) is 0 Å². The van der Waals surface area contributed by atoms with Crippen molar-refractivity contribution in [2.75, 3.05) is 6.61 Å². The molecule has 0 saturated carbocycles. The maximum absolute atomic E-state index is 5.41. The second-order valence-corrected chi connectivity index (χ2v) is 4.02. The Labute approximate surface area is 115 Å². The van der Waals surface area contributed by atoms with Gasteiger partial charge in [0.2, 0.25) is 5.82 Å². The van der Waals surface area contributed by atoms with Crippen LogP contribution in [0.1, 0.15) is 0 Å². The van der Waals surface area contributed by atoms with Crippen molar-refractivity contribution in [2.45, 2.75) is 0 Å². The highest BCUT2D eigenvalue weighted by Gasteiger charge is 2.12. The molecule has 5 nitrogen and oxygen atoms in total. The van der Waals surface area contributed by atoms with Crippen molar-refractivity contribution in [3.8, 4) is 28.8 Å². The summed E-state index contributed by atoms with van der Waals surface area (Å²) in [6.45, 7) is 4.08. The Hall–Kier alpha value is -2.82. The van der Waals surface area contributed by atoms with Crippen LogP contribution in [0.25, 0.3) is 23.0 Å². The van der Waals surface area contributed by atoms with E-state index in [2.05, 4.69) is 16.7 Å². The van der Waals surface area contributed by atoms with E-state index in [1.54, 1.807) is 24.5 Å². The Morgan fingerprint density at radius 2 is 2.05 bits per heavy atom. The van der Waals surface area contributed by atoms with Gasteiger partial charge in [0, 0.05) is 5.56 Å². The molecular weight excluding hydrogens is 256 g/mol. The molecule has 0 spiro atoms. The fourth-order valence-corrected chi connectivity index (χ4v) is 1.70. The minimum absolute atomic E-state index is 0.358. The number of benzene rings is 1. The molecule has 2 aromatic heterocycles. The molecule has 0 saturated heterocycles. The molecule has 0 unspecified atom stereocenters. The van der Waals surface area contributed by atoms with Crippen LogP contribution in [0.4, 0.5) is 0 Å². The van der Waals surface area contributed by atoms with Crippen LogP contribution in [0.3, 0.4) is 0 Å². The van der Waals surface area contributed by atoms with Crippen LogP contribution in [-0.4, -0.2) is 16.7 Å². The number of rotatable bonds is 5. The minimum atomic E-state index is 0.358. The predicted molar refractivity (Wildman–Crippen MR) is 73.1 cm³/mol. The maximum atomic E-state index is 5.41.